The van der Waals surface area contributed by atoms with Gasteiger partial charge in [0, 0.05) is 18.1 Å². The summed E-state index contributed by atoms with van der Waals surface area (Å²) in [5.74, 6) is 0.523. The van der Waals surface area contributed by atoms with E-state index in [2.05, 4.69) is 6.07 Å². The van der Waals surface area contributed by atoms with Crippen molar-refractivity contribution in [3.8, 4) is 0 Å². The van der Waals surface area contributed by atoms with E-state index in [0.717, 1.165) is 44.3 Å². The average molecular weight is 230 g/mol. The number of carbonyl (C=O) groups is 1. The van der Waals surface area contributed by atoms with E-state index < -0.39 is 0 Å². The normalized spacial score (nSPS) is 28.1. The Balaban J connectivity index is 1.74. The molecule has 2 aliphatic rings. The summed E-state index contributed by atoms with van der Waals surface area (Å²) >= 11 is 0. The van der Waals surface area contributed by atoms with Crippen molar-refractivity contribution in [1.82, 2.24) is 0 Å². The molecule has 17 heavy (non-hydrogen) atoms. The first-order valence-corrected chi connectivity index (χ1v) is 6.58. The highest BCUT2D eigenvalue weighted by molar-refractivity contribution is 6.00. The quantitative estimate of drug-likeness (QED) is 0.780. The number of rotatable bonds is 2. The van der Waals surface area contributed by atoms with E-state index in [-0.39, 0.29) is 5.92 Å². The molecule has 1 aromatic carbocycles. The zero-order valence-corrected chi connectivity index (χ0v) is 10.0. The second-order valence-corrected chi connectivity index (χ2v) is 5.13. The van der Waals surface area contributed by atoms with Gasteiger partial charge in [0.25, 0.3) is 0 Å². The molecule has 0 saturated carbocycles. The molecule has 1 heterocycles. The van der Waals surface area contributed by atoms with Crippen LogP contribution in [0.25, 0.3) is 0 Å². The molecule has 0 bridgehead atoms. The third-order valence-electron chi connectivity index (χ3n) is 3.99. The van der Waals surface area contributed by atoms with Gasteiger partial charge >= 0.3 is 0 Å². The summed E-state index contributed by atoms with van der Waals surface area (Å²) in [5.41, 5.74) is 2.17. The fourth-order valence-electron chi connectivity index (χ4n) is 3.03. The lowest BCUT2D eigenvalue weighted by atomic mass is 9.80. The highest BCUT2D eigenvalue weighted by Crippen LogP contribution is 2.30. The molecule has 2 nitrogen and oxygen atoms in total. The SMILES string of the molecule is O=C1c2ccccc2CCC1C[C@H]1CCCO1. The molecular weight excluding hydrogens is 212 g/mol. The second kappa shape index (κ2) is 4.61. The Hall–Kier alpha value is -1.15. The number of hydrogen-bond acceptors (Lipinski definition) is 2. The maximum absolute atomic E-state index is 12.3. The molecule has 0 amide bonds. The number of ketones is 1. The van der Waals surface area contributed by atoms with Crippen molar-refractivity contribution in [3.63, 3.8) is 0 Å². The monoisotopic (exact) mass is 230 g/mol. The standard InChI is InChI=1S/C15H18O2/c16-15-12(10-13-5-3-9-17-13)8-7-11-4-1-2-6-14(11)15/h1-2,4,6,12-13H,3,5,7-10H2/t12?,13-/m1/s1. The van der Waals surface area contributed by atoms with Gasteiger partial charge < -0.3 is 4.74 Å². The van der Waals surface area contributed by atoms with Crippen LogP contribution in [0.3, 0.4) is 0 Å². The fraction of sp³-hybridized carbons (Fsp3) is 0.533. The summed E-state index contributed by atoms with van der Waals surface area (Å²) in [5, 5.41) is 0. The summed E-state index contributed by atoms with van der Waals surface area (Å²) < 4.78 is 5.64. The van der Waals surface area contributed by atoms with Crippen LogP contribution >= 0.6 is 0 Å². The molecule has 1 aliphatic carbocycles. The van der Waals surface area contributed by atoms with Crippen LogP contribution < -0.4 is 0 Å². The predicted molar refractivity (Wildman–Crippen MR) is 66.2 cm³/mol. The zero-order chi connectivity index (χ0) is 11.7. The van der Waals surface area contributed by atoms with Crippen LogP contribution in [-0.4, -0.2) is 18.5 Å². The molecule has 2 heteroatoms. The van der Waals surface area contributed by atoms with Crippen molar-refractivity contribution in [3.05, 3.63) is 35.4 Å². The topological polar surface area (TPSA) is 26.3 Å². The number of aryl methyl sites for hydroxylation is 1. The Kier molecular flexibility index (Phi) is 2.98. The smallest absolute Gasteiger partial charge is 0.166 e. The van der Waals surface area contributed by atoms with E-state index in [0.29, 0.717) is 11.9 Å². The van der Waals surface area contributed by atoms with Crippen molar-refractivity contribution in [1.29, 1.82) is 0 Å². The Morgan fingerprint density at radius 3 is 2.94 bits per heavy atom. The molecule has 1 fully saturated rings. The number of Topliss-reactive ketones (excluding diaryl/α,β-unsaturated/α-hetero) is 1. The molecule has 90 valence electrons. The molecule has 0 aromatic heterocycles. The minimum absolute atomic E-state index is 0.188. The fourth-order valence-corrected chi connectivity index (χ4v) is 3.03. The second-order valence-electron chi connectivity index (χ2n) is 5.13. The lowest BCUT2D eigenvalue weighted by Gasteiger charge is -2.25. The lowest BCUT2D eigenvalue weighted by molar-refractivity contribution is 0.0700. The van der Waals surface area contributed by atoms with E-state index in [1.54, 1.807) is 0 Å². The lowest BCUT2D eigenvalue weighted by Crippen LogP contribution is -2.26. The van der Waals surface area contributed by atoms with Crippen molar-refractivity contribution in [2.24, 2.45) is 5.92 Å². The first-order chi connectivity index (χ1) is 8.34. The molecule has 0 radical (unpaired) electrons. The molecule has 1 aliphatic heterocycles. The zero-order valence-electron chi connectivity index (χ0n) is 10.0. The van der Waals surface area contributed by atoms with Gasteiger partial charge in [-0.25, -0.2) is 0 Å². The van der Waals surface area contributed by atoms with Gasteiger partial charge in [0.1, 0.15) is 0 Å². The van der Waals surface area contributed by atoms with Crippen LogP contribution in [0.15, 0.2) is 24.3 Å². The van der Waals surface area contributed by atoms with Gasteiger partial charge in [-0.1, -0.05) is 24.3 Å². The molecule has 1 aromatic rings. The van der Waals surface area contributed by atoms with E-state index in [1.165, 1.54) is 5.56 Å². The number of ether oxygens (including phenoxy) is 1. The third-order valence-corrected chi connectivity index (χ3v) is 3.99. The third kappa shape index (κ3) is 2.14. The van der Waals surface area contributed by atoms with E-state index >= 15 is 0 Å². The van der Waals surface area contributed by atoms with Crippen LogP contribution in [-0.2, 0) is 11.2 Å². The Bertz CT molecular complexity index is 419. The predicted octanol–water partition coefficient (Wildman–Crippen LogP) is 3.00. The van der Waals surface area contributed by atoms with Gasteiger partial charge in [0.05, 0.1) is 6.10 Å². The minimum atomic E-state index is 0.188. The highest BCUT2D eigenvalue weighted by Gasteiger charge is 2.30. The first-order valence-electron chi connectivity index (χ1n) is 6.58. The van der Waals surface area contributed by atoms with Crippen molar-refractivity contribution >= 4 is 5.78 Å². The first kappa shape index (κ1) is 11.0. The summed E-state index contributed by atoms with van der Waals surface area (Å²) in [6.45, 7) is 0.877. The minimum Gasteiger partial charge on any atom is -0.378 e. The maximum Gasteiger partial charge on any atom is 0.166 e. The van der Waals surface area contributed by atoms with Gasteiger partial charge in [-0.15, -0.1) is 0 Å². The maximum atomic E-state index is 12.3. The van der Waals surface area contributed by atoms with Gasteiger partial charge in [-0.05, 0) is 37.7 Å². The molecule has 3 rings (SSSR count). The summed E-state index contributed by atoms with van der Waals surface area (Å²) in [6.07, 6.45) is 5.57. The van der Waals surface area contributed by atoms with Gasteiger partial charge in [0.15, 0.2) is 5.78 Å². The Morgan fingerprint density at radius 1 is 1.24 bits per heavy atom. The summed E-state index contributed by atoms with van der Waals surface area (Å²) in [7, 11) is 0. The van der Waals surface area contributed by atoms with Crippen molar-refractivity contribution in [2.75, 3.05) is 6.61 Å². The van der Waals surface area contributed by atoms with Gasteiger partial charge in [0.2, 0.25) is 0 Å². The highest BCUT2D eigenvalue weighted by atomic mass is 16.5. The van der Waals surface area contributed by atoms with Crippen LogP contribution in [0.2, 0.25) is 0 Å². The van der Waals surface area contributed by atoms with Crippen molar-refractivity contribution < 1.29 is 9.53 Å². The van der Waals surface area contributed by atoms with Crippen LogP contribution in [0.4, 0.5) is 0 Å². The van der Waals surface area contributed by atoms with Gasteiger partial charge in [-0.2, -0.15) is 0 Å². The van der Waals surface area contributed by atoms with Crippen molar-refractivity contribution in [2.45, 2.75) is 38.2 Å². The molecular formula is C15H18O2. The van der Waals surface area contributed by atoms with E-state index in [4.69, 9.17) is 4.74 Å². The van der Waals surface area contributed by atoms with Crippen LogP contribution in [0.1, 0.15) is 41.6 Å². The largest absolute Gasteiger partial charge is 0.378 e. The summed E-state index contributed by atoms with van der Waals surface area (Å²) in [6, 6.07) is 8.03. The molecule has 1 unspecified atom stereocenters. The van der Waals surface area contributed by atoms with Crippen LogP contribution in [0, 0.1) is 5.92 Å². The van der Waals surface area contributed by atoms with E-state index in [1.807, 2.05) is 18.2 Å². The number of benzene rings is 1. The average Bonchev–Trinajstić information content (AvgIpc) is 2.86. The van der Waals surface area contributed by atoms with Crippen LogP contribution in [0.5, 0.6) is 0 Å². The molecule has 0 spiro atoms. The van der Waals surface area contributed by atoms with E-state index in [9.17, 15) is 4.79 Å². The Morgan fingerprint density at radius 2 is 2.12 bits per heavy atom. The molecule has 2 atom stereocenters. The van der Waals surface area contributed by atoms with Gasteiger partial charge in [-0.3, -0.25) is 4.79 Å². The number of hydrogen-bond donors (Lipinski definition) is 0. The Labute approximate surface area is 102 Å². The number of fused-ring (bicyclic) bond motifs is 1. The number of carbonyl (C=O) groups excluding carboxylic acids is 1. The molecule has 1 saturated heterocycles. The summed E-state index contributed by atoms with van der Waals surface area (Å²) in [4.78, 5) is 12.3. The molecule has 0 N–H and O–H groups in total.